The van der Waals surface area contributed by atoms with Crippen LogP contribution in [0.15, 0.2) is 48.5 Å². The molecule has 2 unspecified atom stereocenters. The van der Waals surface area contributed by atoms with Crippen LogP contribution in [0.3, 0.4) is 0 Å². The lowest BCUT2D eigenvalue weighted by molar-refractivity contribution is -0.155. The Hall–Kier alpha value is -3.39. The monoisotopic (exact) mass is 480 g/mol. The quantitative estimate of drug-likeness (QED) is 0.531. The van der Waals surface area contributed by atoms with Crippen molar-refractivity contribution in [2.24, 2.45) is 5.92 Å². The van der Waals surface area contributed by atoms with Gasteiger partial charge in [0.1, 0.15) is 19.3 Å². The van der Waals surface area contributed by atoms with Crippen molar-refractivity contribution >= 4 is 18.0 Å². The maximum absolute atomic E-state index is 12.5. The number of carbonyl (C=O) groups is 3. The van der Waals surface area contributed by atoms with E-state index in [9.17, 15) is 19.5 Å². The van der Waals surface area contributed by atoms with Crippen LogP contribution in [-0.4, -0.2) is 66.9 Å². The second kappa shape index (κ2) is 11.4. The first-order chi connectivity index (χ1) is 17.0. The first-order valence-electron chi connectivity index (χ1n) is 12.2. The summed E-state index contributed by atoms with van der Waals surface area (Å²) in [6.45, 7) is 2.78. The number of likely N-dealkylation sites (tertiary alicyclic amines) is 1. The molecule has 1 saturated heterocycles. The minimum Gasteiger partial charge on any atom is -0.480 e. The zero-order valence-corrected chi connectivity index (χ0v) is 19.9. The van der Waals surface area contributed by atoms with E-state index in [-0.39, 0.29) is 38.2 Å². The number of hydrogen-bond donors (Lipinski definition) is 2. The van der Waals surface area contributed by atoms with Gasteiger partial charge in [0.15, 0.2) is 0 Å². The van der Waals surface area contributed by atoms with E-state index >= 15 is 0 Å². The zero-order chi connectivity index (χ0) is 24.8. The molecule has 2 N–H and O–H groups in total. The SMILES string of the molecule is CCC1CCN(C(=O)COCCNC(=O)OCC2c3ccccc3-c3ccccc32)C(C(=O)O)C1. The number of piperidine rings is 1. The molecule has 8 heteroatoms. The Morgan fingerprint density at radius 2 is 1.71 bits per heavy atom. The minimum atomic E-state index is -0.978. The van der Waals surface area contributed by atoms with Gasteiger partial charge < -0.3 is 24.8 Å². The van der Waals surface area contributed by atoms with E-state index in [1.165, 1.54) is 16.0 Å². The number of carbonyl (C=O) groups excluding carboxylic acids is 2. The molecule has 186 valence electrons. The fourth-order valence-electron chi connectivity index (χ4n) is 5.06. The molecule has 0 spiro atoms. The highest BCUT2D eigenvalue weighted by Gasteiger charge is 2.35. The number of rotatable bonds is 9. The molecule has 1 aliphatic heterocycles. The number of amides is 2. The van der Waals surface area contributed by atoms with E-state index in [0.29, 0.717) is 18.9 Å². The molecule has 2 aliphatic rings. The van der Waals surface area contributed by atoms with E-state index in [1.807, 2.05) is 31.2 Å². The second-order valence-electron chi connectivity index (χ2n) is 9.04. The van der Waals surface area contributed by atoms with Crippen molar-refractivity contribution in [3.8, 4) is 11.1 Å². The number of alkyl carbamates (subject to hydrolysis) is 1. The van der Waals surface area contributed by atoms with Crippen molar-refractivity contribution in [1.82, 2.24) is 10.2 Å². The van der Waals surface area contributed by atoms with Crippen LogP contribution in [0.25, 0.3) is 11.1 Å². The van der Waals surface area contributed by atoms with Crippen molar-refractivity contribution < 1.29 is 29.0 Å². The van der Waals surface area contributed by atoms with E-state index in [1.54, 1.807) is 0 Å². The summed E-state index contributed by atoms with van der Waals surface area (Å²) >= 11 is 0. The van der Waals surface area contributed by atoms with Gasteiger partial charge in [0, 0.05) is 19.0 Å². The molecule has 0 aromatic heterocycles. The third kappa shape index (κ3) is 5.65. The maximum Gasteiger partial charge on any atom is 0.407 e. The third-order valence-electron chi connectivity index (χ3n) is 6.98. The largest absolute Gasteiger partial charge is 0.480 e. The van der Waals surface area contributed by atoms with E-state index in [0.717, 1.165) is 24.0 Å². The standard InChI is InChI=1S/C27H32N2O6/c1-2-18-11-13-29(24(15-18)26(31)32)25(30)17-34-14-12-28-27(33)35-16-23-21-9-5-3-7-19(21)20-8-4-6-10-22(20)23/h3-10,18,23-24H,2,11-17H2,1H3,(H,28,33)(H,31,32). The highest BCUT2D eigenvalue weighted by molar-refractivity contribution is 5.84. The van der Waals surface area contributed by atoms with E-state index < -0.39 is 18.1 Å². The van der Waals surface area contributed by atoms with Gasteiger partial charge in [-0.05, 0) is 41.0 Å². The summed E-state index contributed by atoms with van der Waals surface area (Å²) in [5, 5.41) is 12.1. The Morgan fingerprint density at radius 1 is 1.06 bits per heavy atom. The Kier molecular flexibility index (Phi) is 8.02. The molecule has 4 rings (SSSR count). The molecule has 0 saturated carbocycles. The highest BCUT2D eigenvalue weighted by atomic mass is 16.5. The summed E-state index contributed by atoms with van der Waals surface area (Å²) in [7, 11) is 0. The van der Waals surface area contributed by atoms with Crippen LogP contribution >= 0.6 is 0 Å². The van der Waals surface area contributed by atoms with Crippen LogP contribution in [0.5, 0.6) is 0 Å². The van der Waals surface area contributed by atoms with Crippen molar-refractivity contribution in [3.05, 3.63) is 59.7 Å². The maximum atomic E-state index is 12.5. The molecular weight excluding hydrogens is 448 g/mol. The van der Waals surface area contributed by atoms with Crippen LogP contribution < -0.4 is 5.32 Å². The topological polar surface area (TPSA) is 105 Å². The second-order valence-corrected chi connectivity index (χ2v) is 9.04. The summed E-state index contributed by atoms with van der Waals surface area (Å²) < 4.78 is 10.9. The molecule has 0 bridgehead atoms. The number of benzene rings is 2. The fourth-order valence-corrected chi connectivity index (χ4v) is 5.06. The lowest BCUT2D eigenvalue weighted by atomic mass is 9.89. The van der Waals surface area contributed by atoms with Gasteiger partial charge in [0.2, 0.25) is 5.91 Å². The normalized spacial score (nSPS) is 19.1. The average molecular weight is 481 g/mol. The molecule has 1 heterocycles. The number of ether oxygens (including phenoxy) is 2. The summed E-state index contributed by atoms with van der Waals surface area (Å²) in [4.78, 5) is 37.7. The van der Waals surface area contributed by atoms with Crippen LogP contribution in [0.1, 0.15) is 43.2 Å². The van der Waals surface area contributed by atoms with Gasteiger partial charge in [-0.2, -0.15) is 0 Å². The van der Waals surface area contributed by atoms with Gasteiger partial charge in [0.05, 0.1) is 6.61 Å². The predicted molar refractivity (Wildman–Crippen MR) is 130 cm³/mol. The van der Waals surface area contributed by atoms with Crippen molar-refractivity contribution in [1.29, 1.82) is 0 Å². The Bertz CT molecular complexity index is 1030. The Balaban J connectivity index is 1.18. The van der Waals surface area contributed by atoms with Gasteiger partial charge in [0.25, 0.3) is 0 Å². The summed E-state index contributed by atoms with van der Waals surface area (Å²) in [5.74, 6) is -1.01. The highest BCUT2D eigenvalue weighted by Crippen LogP contribution is 2.44. The predicted octanol–water partition coefficient (Wildman–Crippen LogP) is 3.64. The van der Waals surface area contributed by atoms with Gasteiger partial charge in [-0.25, -0.2) is 9.59 Å². The average Bonchev–Trinajstić information content (AvgIpc) is 3.20. The van der Waals surface area contributed by atoms with Gasteiger partial charge >= 0.3 is 12.1 Å². The summed E-state index contributed by atoms with van der Waals surface area (Å²) in [6, 6.07) is 15.5. The molecule has 0 radical (unpaired) electrons. The number of carboxylic acids is 1. The molecule has 2 aromatic carbocycles. The van der Waals surface area contributed by atoms with Crippen molar-refractivity contribution in [2.45, 2.75) is 38.1 Å². The van der Waals surface area contributed by atoms with Gasteiger partial charge in [-0.15, -0.1) is 0 Å². The smallest absolute Gasteiger partial charge is 0.407 e. The van der Waals surface area contributed by atoms with Crippen LogP contribution in [-0.2, 0) is 19.1 Å². The molecular formula is C27H32N2O6. The van der Waals surface area contributed by atoms with Crippen LogP contribution in [0.2, 0.25) is 0 Å². The molecule has 2 amide bonds. The minimum absolute atomic E-state index is 0.0129. The number of carboxylic acid groups (broad SMARTS) is 1. The Labute approximate surface area is 205 Å². The number of hydrogen-bond acceptors (Lipinski definition) is 5. The van der Waals surface area contributed by atoms with Gasteiger partial charge in [-0.1, -0.05) is 61.9 Å². The Morgan fingerprint density at radius 3 is 2.34 bits per heavy atom. The molecule has 1 aliphatic carbocycles. The number of aliphatic carboxylic acids is 1. The summed E-state index contributed by atoms with van der Waals surface area (Å²) in [6.07, 6.45) is 1.63. The van der Waals surface area contributed by atoms with Gasteiger partial charge in [-0.3, -0.25) is 4.79 Å². The third-order valence-corrected chi connectivity index (χ3v) is 6.98. The fraction of sp³-hybridized carbons (Fsp3) is 0.444. The van der Waals surface area contributed by atoms with Crippen LogP contribution in [0, 0.1) is 5.92 Å². The lowest BCUT2D eigenvalue weighted by Crippen LogP contribution is -2.51. The molecule has 8 nitrogen and oxygen atoms in total. The number of nitrogens with one attached hydrogen (secondary N) is 1. The number of fused-ring (bicyclic) bond motifs is 3. The lowest BCUT2D eigenvalue weighted by Gasteiger charge is -2.36. The zero-order valence-electron chi connectivity index (χ0n) is 19.9. The van der Waals surface area contributed by atoms with Crippen molar-refractivity contribution in [3.63, 3.8) is 0 Å². The van der Waals surface area contributed by atoms with Crippen molar-refractivity contribution in [2.75, 3.05) is 32.9 Å². The molecule has 35 heavy (non-hydrogen) atoms. The van der Waals surface area contributed by atoms with E-state index in [4.69, 9.17) is 9.47 Å². The first kappa shape index (κ1) is 24.7. The molecule has 2 aromatic rings. The first-order valence-corrected chi connectivity index (χ1v) is 12.2. The summed E-state index contributed by atoms with van der Waals surface area (Å²) in [5.41, 5.74) is 4.62. The van der Waals surface area contributed by atoms with E-state index in [2.05, 4.69) is 29.6 Å². The molecule has 1 fully saturated rings. The number of nitrogens with zero attached hydrogens (tertiary/aromatic N) is 1. The molecule has 2 atom stereocenters. The van der Waals surface area contributed by atoms with Crippen LogP contribution in [0.4, 0.5) is 4.79 Å².